The molecule has 1 aromatic rings. The van der Waals surface area contributed by atoms with Crippen molar-refractivity contribution in [3.05, 3.63) is 18.2 Å². The fraction of sp³-hybridized carbons (Fsp3) is 0.667. The zero-order valence-electron chi connectivity index (χ0n) is 14.3. The van der Waals surface area contributed by atoms with E-state index in [1.54, 1.807) is 40.8 Å². The van der Waals surface area contributed by atoms with Crippen LogP contribution in [0, 0.1) is 0 Å². The van der Waals surface area contributed by atoms with Crippen molar-refractivity contribution in [3.63, 3.8) is 0 Å². The van der Waals surface area contributed by atoms with E-state index in [2.05, 4.69) is 20.6 Å². The third-order valence-corrected chi connectivity index (χ3v) is 2.95. The number of aliphatic hydroxyl groups excluding tert-OH is 1. The molecule has 0 spiro atoms. The smallest absolute Gasteiger partial charge is 0.408 e. The summed E-state index contributed by atoms with van der Waals surface area (Å²) in [5, 5.41) is 14.6. The summed E-state index contributed by atoms with van der Waals surface area (Å²) in [6.45, 7) is 8.12. The summed E-state index contributed by atoms with van der Waals surface area (Å²) in [5.74, 6) is -0.419. The maximum absolute atomic E-state index is 12.3. The molecule has 0 saturated carbocycles. The Labute approximate surface area is 136 Å². The molecule has 0 fully saturated rings. The Hall–Kier alpha value is -2.09. The van der Waals surface area contributed by atoms with Crippen LogP contribution in [0.4, 0.5) is 4.79 Å². The molecule has 23 heavy (non-hydrogen) atoms. The van der Waals surface area contributed by atoms with Crippen LogP contribution < -0.4 is 10.6 Å². The number of nitrogens with zero attached hydrogens (tertiary/aromatic N) is 1. The van der Waals surface area contributed by atoms with Crippen molar-refractivity contribution < 1.29 is 19.4 Å². The molecule has 1 aromatic heterocycles. The van der Waals surface area contributed by atoms with Crippen LogP contribution in [0.25, 0.3) is 0 Å². The molecule has 0 aliphatic heterocycles. The molecule has 1 heterocycles. The van der Waals surface area contributed by atoms with Gasteiger partial charge in [0.1, 0.15) is 11.1 Å². The van der Waals surface area contributed by atoms with E-state index in [1.807, 2.05) is 0 Å². The van der Waals surface area contributed by atoms with E-state index >= 15 is 0 Å². The number of hydrogen-bond acceptors (Lipinski definition) is 5. The lowest BCUT2D eigenvalue weighted by Gasteiger charge is -2.29. The molecule has 8 nitrogen and oxygen atoms in total. The fourth-order valence-electron chi connectivity index (χ4n) is 1.80. The molecule has 8 heteroatoms. The lowest BCUT2D eigenvalue weighted by Crippen LogP contribution is -2.58. The van der Waals surface area contributed by atoms with Gasteiger partial charge >= 0.3 is 6.09 Å². The minimum Gasteiger partial charge on any atom is -0.444 e. The van der Waals surface area contributed by atoms with Crippen molar-refractivity contribution in [2.75, 3.05) is 6.61 Å². The van der Waals surface area contributed by atoms with Gasteiger partial charge in [0.2, 0.25) is 5.91 Å². The number of hydrogen-bond donors (Lipinski definition) is 4. The van der Waals surface area contributed by atoms with Crippen molar-refractivity contribution in [1.82, 2.24) is 20.6 Å². The lowest BCUT2D eigenvalue weighted by molar-refractivity contribution is -0.127. The summed E-state index contributed by atoms with van der Waals surface area (Å²) >= 11 is 0. The predicted molar refractivity (Wildman–Crippen MR) is 84.8 cm³/mol. The normalized spacial score (nSPS) is 13.3. The zero-order valence-corrected chi connectivity index (χ0v) is 14.3. The highest BCUT2D eigenvalue weighted by Gasteiger charge is 2.32. The fourth-order valence-corrected chi connectivity index (χ4v) is 1.80. The highest BCUT2D eigenvalue weighted by Crippen LogP contribution is 2.10. The van der Waals surface area contributed by atoms with Gasteiger partial charge in [-0.3, -0.25) is 4.79 Å². The van der Waals surface area contributed by atoms with Gasteiger partial charge in [-0.15, -0.1) is 0 Å². The summed E-state index contributed by atoms with van der Waals surface area (Å²) < 4.78 is 5.15. The molecular weight excluding hydrogens is 300 g/mol. The standard InChI is InChI=1S/C15H26N4O4/c1-14(2,3)23-13(22)19-15(4,5)12(21)18-11(8-20)6-10-7-16-9-17-10/h7,9,11,20H,6,8H2,1-5H3,(H,16,17)(H,18,21)(H,19,22). The summed E-state index contributed by atoms with van der Waals surface area (Å²) in [6.07, 6.45) is 2.93. The number of nitrogens with one attached hydrogen (secondary N) is 3. The highest BCUT2D eigenvalue weighted by atomic mass is 16.6. The predicted octanol–water partition coefficient (Wildman–Crippen LogP) is 0.733. The average Bonchev–Trinajstić information content (AvgIpc) is 2.87. The topological polar surface area (TPSA) is 116 Å². The molecule has 0 radical (unpaired) electrons. The second-order valence-electron chi connectivity index (χ2n) is 6.87. The summed E-state index contributed by atoms with van der Waals surface area (Å²) in [4.78, 5) is 31.0. The van der Waals surface area contributed by atoms with Gasteiger partial charge in [0.25, 0.3) is 0 Å². The number of H-pyrrole nitrogens is 1. The number of ether oxygens (including phenoxy) is 1. The molecule has 4 N–H and O–H groups in total. The van der Waals surface area contributed by atoms with Crippen molar-refractivity contribution >= 4 is 12.0 Å². The Morgan fingerprint density at radius 3 is 2.48 bits per heavy atom. The number of aromatic nitrogens is 2. The molecule has 0 saturated heterocycles. The number of alkyl carbamates (subject to hydrolysis) is 1. The van der Waals surface area contributed by atoms with Gasteiger partial charge in [0, 0.05) is 12.6 Å². The molecule has 2 amide bonds. The van der Waals surface area contributed by atoms with Crippen LogP contribution in [0.1, 0.15) is 40.3 Å². The first kappa shape index (κ1) is 19.0. The Morgan fingerprint density at radius 1 is 1.35 bits per heavy atom. The van der Waals surface area contributed by atoms with Crippen LogP contribution in [-0.4, -0.2) is 50.9 Å². The number of carbonyl (C=O) groups excluding carboxylic acids is 2. The van der Waals surface area contributed by atoms with E-state index in [1.165, 1.54) is 6.33 Å². The van der Waals surface area contributed by atoms with E-state index in [4.69, 9.17) is 4.74 Å². The van der Waals surface area contributed by atoms with Gasteiger partial charge in [-0.25, -0.2) is 9.78 Å². The Kier molecular flexibility index (Phi) is 6.14. The molecule has 130 valence electrons. The van der Waals surface area contributed by atoms with Crippen molar-refractivity contribution in [1.29, 1.82) is 0 Å². The molecule has 0 aliphatic rings. The van der Waals surface area contributed by atoms with E-state index in [0.717, 1.165) is 5.69 Å². The van der Waals surface area contributed by atoms with E-state index < -0.39 is 29.2 Å². The second kappa shape index (κ2) is 7.45. The van der Waals surface area contributed by atoms with Crippen LogP contribution >= 0.6 is 0 Å². The largest absolute Gasteiger partial charge is 0.444 e. The van der Waals surface area contributed by atoms with Crippen molar-refractivity contribution in [2.24, 2.45) is 0 Å². The number of imidazole rings is 1. The molecule has 1 unspecified atom stereocenters. The lowest BCUT2D eigenvalue weighted by atomic mass is 10.0. The number of aromatic amines is 1. The molecule has 0 bridgehead atoms. The average molecular weight is 326 g/mol. The number of aliphatic hydroxyl groups is 1. The minimum absolute atomic E-state index is 0.235. The van der Waals surface area contributed by atoms with Crippen molar-refractivity contribution in [2.45, 2.75) is 58.2 Å². The van der Waals surface area contributed by atoms with E-state index in [0.29, 0.717) is 6.42 Å². The molecule has 1 atom stereocenters. The monoisotopic (exact) mass is 326 g/mol. The number of amides is 2. The van der Waals surface area contributed by atoms with Crippen molar-refractivity contribution in [3.8, 4) is 0 Å². The number of rotatable bonds is 6. The van der Waals surface area contributed by atoms with Crippen LogP contribution in [0.2, 0.25) is 0 Å². The first-order valence-corrected chi connectivity index (χ1v) is 7.44. The molecule has 0 aliphatic carbocycles. The van der Waals surface area contributed by atoms with E-state index in [-0.39, 0.29) is 6.61 Å². The second-order valence-corrected chi connectivity index (χ2v) is 6.87. The first-order valence-electron chi connectivity index (χ1n) is 7.44. The van der Waals surface area contributed by atoms with Gasteiger partial charge in [-0.05, 0) is 34.6 Å². The maximum atomic E-state index is 12.3. The van der Waals surface area contributed by atoms with Crippen LogP contribution in [-0.2, 0) is 16.0 Å². The van der Waals surface area contributed by atoms with Gasteiger partial charge in [-0.1, -0.05) is 0 Å². The molecular formula is C15H26N4O4. The number of carbonyl (C=O) groups is 2. The molecule has 1 rings (SSSR count). The van der Waals surface area contributed by atoms with Gasteiger partial charge in [0.05, 0.1) is 24.7 Å². The van der Waals surface area contributed by atoms with Gasteiger partial charge in [-0.2, -0.15) is 0 Å². The Balaban J connectivity index is 2.60. The van der Waals surface area contributed by atoms with Crippen LogP contribution in [0.5, 0.6) is 0 Å². The third kappa shape index (κ3) is 6.68. The highest BCUT2D eigenvalue weighted by molar-refractivity contribution is 5.89. The molecule has 0 aromatic carbocycles. The third-order valence-electron chi connectivity index (χ3n) is 2.95. The van der Waals surface area contributed by atoms with Gasteiger partial charge in [0.15, 0.2) is 0 Å². The Bertz CT molecular complexity index is 520. The SMILES string of the molecule is CC(C)(C)OC(=O)NC(C)(C)C(=O)NC(CO)Cc1c[nH]cn1. The van der Waals surface area contributed by atoms with Gasteiger partial charge < -0.3 is 25.5 Å². The Morgan fingerprint density at radius 2 is 2.00 bits per heavy atom. The maximum Gasteiger partial charge on any atom is 0.408 e. The van der Waals surface area contributed by atoms with E-state index in [9.17, 15) is 14.7 Å². The summed E-state index contributed by atoms with van der Waals surface area (Å²) in [7, 11) is 0. The van der Waals surface area contributed by atoms with Crippen LogP contribution in [0.15, 0.2) is 12.5 Å². The summed E-state index contributed by atoms with van der Waals surface area (Å²) in [6, 6.07) is -0.495. The minimum atomic E-state index is -1.18. The summed E-state index contributed by atoms with van der Waals surface area (Å²) in [5.41, 5.74) is -1.10. The first-order chi connectivity index (χ1) is 10.5. The quantitative estimate of drug-likeness (QED) is 0.615. The zero-order chi connectivity index (χ0) is 17.7. The van der Waals surface area contributed by atoms with Crippen LogP contribution in [0.3, 0.4) is 0 Å².